The van der Waals surface area contributed by atoms with Crippen LogP contribution in [-0.2, 0) is 0 Å². The van der Waals surface area contributed by atoms with Gasteiger partial charge in [0.05, 0.1) is 0 Å². The summed E-state index contributed by atoms with van der Waals surface area (Å²) in [7, 11) is 0. The second-order valence-electron chi connectivity index (χ2n) is 4.10. The van der Waals surface area contributed by atoms with Gasteiger partial charge in [0.15, 0.2) is 0 Å². The molecule has 3 N–H and O–H groups in total. The molecule has 0 aromatic heterocycles. The fourth-order valence-electron chi connectivity index (χ4n) is 1.82. The van der Waals surface area contributed by atoms with E-state index in [9.17, 15) is 15.3 Å². The quantitative estimate of drug-likeness (QED) is 0.743. The third-order valence-electron chi connectivity index (χ3n) is 2.82. The van der Waals surface area contributed by atoms with Crippen molar-refractivity contribution in [3.05, 3.63) is 53.6 Å². The lowest BCUT2D eigenvalue weighted by molar-refractivity contribution is 0.448. The lowest BCUT2D eigenvalue weighted by Gasteiger charge is -2.13. The van der Waals surface area contributed by atoms with Crippen LogP contribution in [0, 0.1) is 0 Å². The van der Waals surface area contributed by atoms with Gasteiger partial charge in [-0.2, -0.15) is 0 Å². The molecule has 2 rings (SSSR count). The Kier molecular flexibility index (Phi) is 2.91. The highest BCUT2D eigenvalue weighted by Crippen LogP contribution is 2.30. The molecule has 0 saturated carbocycles. The van der Waals surface area contributed by atoms with Crippen LogP contribution in [0.25, 0.3) is 0 Å². The Labute approximate surface area is 99.6 Å². The zero-order chi connectivity index (χ0) is 12.4. The van der Waals surface area contributed by atoms with Gasteiger partial charge in [-0.1, -0.05) is 19.1 Å². The van der Waals surface area contributed by atoms with E-state index >= 15 is 0 Å². The predicted octanol–water partition coefficient (Wildman–Crippen LogP) is 2.96. The number of aromatic hydroxyl groups is 3. The molecule has 17 heavy (non-hydrogen) atoms. The van der Waals surface area contributed by atoms with Crippen LogP contribution in [0.4, 0.5) is 0 Å². The second kappa shape index (κ2) is 4.37. The van der Waals surface area contributed by atoms with Crippen molar-refractivity contribution in [2.24, 2.45) is 0 Å². The topological polar surface area (TPSA) is 60.7 Å². The summed E-state index contributed by atoms with van der Waals surface area (Å²) >= 11 is 0. The predicted molar refractivity (Wildman–Crippen MR) is 65.4 cm³/mol. The van der Waals surface area contributed by atoms with Crippen LogP contribution in [0.3, 0.4) is 0 Å². The van der Waals surface area contributed by atoms with E-state index in [-0.39, 0.29) is 23.2 Å². The van der Waals surface area contributed by atoms with Gasteiger partial charge in [0.25, 0.3) is 0 Å². The Hall–Kier alpha value is -2.16. The van der Waals surface area contributed by atoms with Crippen molar-refractivity contribution >= 4 is 0 Å². The van der Waals surface area contributed by atoms with Gasteiger partial charge in [-0.15, -0.1) is 0 Å². The fraction of sp³-hybridized carbons (Fsp3) is 0.143. The number of rotatable bonds is 2. The monoisotopic (exact) mass is 230 g/mol. The molecule has 0 aliphatic rings. The van der Waals surface area contributed by atoms with Gasteiger partial charge in [0.2, 0.25) is 0 Å². The third-order valence-corrected chi connectivity index (χ3v) is 2.82. The van der Waals surface area contributed by atoms with Gasteiger partial charge in [-0.3, -0.25) is 0 Å². The van der Waals surface area contributed by atoms with Crippen molar-refractivity contribution in [3.8, 4) is 17.2 Å². The maximum atomic E-state index is 9.43. The van der Waals surface area contributed by atoms with E-state index in [1.165, 1.54) is 6.07 Å². The van der Waals surface area contributed by atoms with Crippen LogP contribution in [0.5, 0.6) is 17.2 Å². The molecule has 2 aromatic rings. The molecule has 0 aliphatic heterocycles. The van der Waals surface area contributed by atoms with Gasteiger partial charge in [0, 0.05) is 12.0 Å². The minimum Gasteiger partial charge on any atom is -0.508 e. The van der Waals surface area contributed by atoms with E-state index in [1.807, 2.05) is 19.1 Å². The van der Waals surface area contributed by atoms with Crippen LogP contribution in [0.15, 0.2) is 42.5 Å². The SMILES string of the molecule is CC(c1ccc(O)cc1)c1cc(O)cc(O)c1. The van der Waals surface area contributed by atoms with E-state index in [4.69, 9.17) is 0 Å². The van der Waals surface area contributed by atoms with Gasteiger partial charge < -0.3 is 15.3 Å². The van der Waals surface area contributed by atoms with Gasteiger partial charge in [0.1, 0.15) is 17.2 Å². The van der Waals surface area contributed by atoms with E-state index in [2.05, 4.69) is 0 Å². The van der Waals surface area contributed by atoms with Crippen LogP contribution >= 0.6 is 0 Å². The van der Waals surface area contributed by atoms with Crippen molar-refractivity contribution in [2.75, 3.05) is 0 Å². The van der Waals surface area contributed by atoms with E-state index < -0.39 is 0 Å². The van der Waals surface area contributed by atoms with E-state index in [1.54, 1.807) is 24.3 Å². The molecule has 0 amide bonds. The molecule has 0 aliphatic carbocycles. The maximum absolute atomic E-state index is 9.43. The molecule has 2 aromatic carbocycles. The van der Waals surface area contributed by atoms with Gasteiger partial charge in [-0.25, -0.2) is 0 Å². The van der Waals surface area contributed by atoms with E-state index in [0.717, 1.165) is 11.1 Å². The number of phenols is 3. The van der Waals surface area contributed by atoms with Crippen molar-refractivity contribution < 1.29 is 15.3 Å². The van der Waals surface area contributed by atoms with Crippen LogP contribution in [0.2, 0.25) is 0 Å². The first kappa shape index (κ1) is 11.3. The highest BCUT2D eigenvalue weighted by Gasteiger charge is 2.10. The molecule has 3 nitrogen and oxygen atoms in total. The molecule has 0 fully saturated rings. The molecule has 1 atom stereocenters. The Morgan fingerprint density at radius 3 is 1.76 bits per heavy atom. The first-order valence-electron chi connectivity index (χ1n) is 5.38. The molecule has 0 spiro atoms. The van der Waals surface area contributed by atoms with E-state index in [0.29, 0.717) is 0 Å². The lowest BCUT2D eigenvalue weighted by atomic mass is 9.93. The minimum atomic E-state index is 0.0357. The second-order valence-corrected chi connectivity index (χ2v) is 4.10. The highest BCUT2D eigenvalue weighted by atomic mass is 16.3. The Morgan fingerprint density at radius 2 is 1.24 bits per heavy atom. The van der Waals surface area contributed by atoms with Crippen molar-refractivity contribution in [2.45, 2.75) is 12.8 Å². The number of phenolic OH excluding ortho intramolecular Hbond substituents is 3. The standard InChI is InChI=1S/C14H14O3/c1-9(10-2-4-12(15)5-3-10)11-6-13(16)8-14(17)7-11/h2-9,15-17H,1H3. The summed E-state index contributed by atoms with van der Waals surface area (Å²) in [6.45, 7) is 1.97. The Balaban J connectivity index is 2.36. The molecular weight excluding hydrogens is 216 g/mol. The van der Waals surface area contributed by atoms with Gasteiger partial charge >= 0.3 is 0 Å². The Morgan fingerprint density at radius 1 is 0.706 bits per heavy atom. The summed E-state index contributed by atoms with van der Waals surface area (Å²) in [4.78, 5) is 0. The molecule has 88 valence electrons. The summed E-state index contributed by atoms with van der Waals surface area (Å²) in [5, 5.41) is 28.1. The van der Waals surface area contributed by atoms with Crippen LogP contribution in [-0.4, -0.2) is 15.3 Å². The molecule has 0 saturated heterocycles. The van der Waals surface area contributed by atoms with Crippen LogP contribution < -0.4 is 0 Å². The summed E-state index contributed by atoms with van der Waals surface area (Å²) in [5.41, 5.74) is 1.83. The highest BCUT2D eigenvalue weighted by molar-refractivity contribution is 5.42. The first-order chi connectivity index (χ1) is 8.06. The number of hydrogen-bond donors (Lipinski definition) is 3. The largest absolute Gasteiger partial charge is 0.508 e. The zero-order valence-electron chi connectivity index (χ0n) is 9.46. The van der Waals surface area contributed by atoms with Crippen molar-refractivity contribution in [1.29, 1.82) is 0 Å². The maximum Gasteiger partial charge on any atom is 0.119 e. The summed E-state index contributed by atoms with van der Waals surface area (Å²) < 4.78 is 0. The third kappa shape index (κ3) is 2.50. The van der Waals surface area contributed by atoms with Gasteiger partial charge in [-0.05, 0) is 35.4 Å². The molecular formula is C14H14O3. The zero-order valence-corrected chi connectivity index (χ0v) is 9.46. The first-order valence-corrected chi connectivity index (χ1v) is 5.38. The Bertz CT molecular complexity index is 497. The molecule has 0 heterocycles. The molecule has 0 bridgehead atoms. The molecule has 1 unspecified atom stereocenters. The summed E-state index contributed by atoms with van der Waals surface area (Å²) in [6.07, 6.45) is 0. The van der Waals surface area contributed by atoms with Crippen molar-refractivity contribution in [3.63, 3.8) is 0 Å². The summed E-state index contributed by atoms with van der Waals surface area (Å²) in [5.74, 6) is 0.351. The lowest BCUT2D eigenvalue weighted by Crippen LogP contribution is -1.95. The minimum absolute atomic E-state index is 0.0357. The molecule has 3 heteroatoms. The smallest absolute Gasteiger partial charge is 0.119 e. The average molecular weight is 230 g/mol. The normalized spacial score (nSPS) is 12.3. The number of hydrogen-bond acceptors (Lipinski definition) is 3. The fourth-order valence-corrected chi connectivity index (χ4v) is 1.82. The summed E-state index contributed by atoms with van der Waals surface area (Å²) in [6, 6.07) is 11.4. The number of benzene rings is 2. The van der Waals surface area contributed by atoms with Crippen molar-refractivity contribution in [1.82, 2.24) is 0 Å². The average Bonchev–Trinajstić information content (AvgIpc) is 2.28. The molecule has 0 radical (unpaired) electrons. The van der Waals surface area contributed by atoms with Crippen LogP contribution in [0.1, 0.15) is 24.0 Å².